The Morgan fingerprint density at radius 3 is 1.55 bits per heavy atom. The first-order chi connectivity index (χ1) is 16.1. The van der Waals surface area contributed by atoms with Gasteiger partial charge in [-0.15, -0.1) is 0 Å². The van der Waals surface area contributed by atoms with E-state index in [9.17, 15) is 19.2 Å². The van der Waals surface area contributed by atoms with E-state index in [4.69, 9.17) is 0 Å². The third kappa shape index (κ3) is 4.55. The molecule has 0 saturated heterocycles. The molecule has 0 bridgehead atoms. The van der Waals surface area contributed by atoms with Gasteiger partial charge in [0.2, 0.25) is 0 Å². The number of dihydropyridines is 1. The van der Waals surface area contributed by atoms with Gasteiger partial charge >= 0.3 is 0 Å². The highest BCUT2D eigenvalue weighted by Gasteiger charge is 2.37. The molecule has 1 atom stereocenters. The lowest BCUT2D eigenvalue weighted by Crippen LogP contribution is -2.45. The highest BCUT2D eigenvalue weighted by Crippen LogP contribution is 2.25. The number of nitrogens with zero attached hydrogens (tertiary/aromatic N) is 1. The molecule has 0 saturated carbocycles. The van der Waals surface area contributed by atoms with Crippen molar-refractivity contribution in [1.29, 1.82) is 0 Å². The second-order valence-corrected chi connectivity index (χ2v) is 7.32. The van der Waals surface area contributed by atoms with E-state index < -0.39 is 23.6 Å². The van der Waals surface area contributed by atoms with E-state index in [0.717, 1.165) is 0 Å². The predicted molar refractivity (Wildman–Crippen MR) is 123 cm³/mol. The number of allylic oxidation sites excluding steroid dienone is 1. The molecule has 1 aliphatic rings. The Bertz CT molecular complexity index is 1200. The number of Topliss-reactive ketones (excluding diaryl/α,β-unsaturated/α-hetero) is 1. The fourth-order valence-corrected chi connectivity index (χ4v) is 3.51. The zero-order valence-corrected chi connectivity index (χ0v) is 17.5. The lowest BCUT2D eigenvalue weighted by Gasteiger charge is -2.25. The van der Waals surface area contributed by atoms with Crippen molar-refractivity contribution in [2.45, 2.75) is 0 Å². The molecule has 0 fully saturated rings. The Balaban J connectivity index is 1.73. The Kier molecular flexibility index (Phi) is 6.36. The van der Waals surface area contributed by atoms with Crippen molar-refractivity contribution in [1.82, 2.24) is 10.2 Å². The number of imide groups is 3. The number of nitrogens with one attached hydrogen (secondary N) is 1. The van der Waals surface area contributed by atoms with Gasteiger partial charge in [0.05, 0.1) is 5.92 Å². The van der Waals surface area contributed by atoms with Gasteiger partial charge in [0, 0.05) is 28.5 Å². The van der Waals surface area contributed by atoms with Crippen LogP contribution in [-0.4, -0.2) is 28.4 Å². The van der Waals surface area contributed by atoms with E-state index in [1.165, 1.54) is 30.5 Å². The fourth-order valence-electron chi connectivity index (χ4n) is 3.51. The number of ketones is 1. The number of rotatable bonds is 5. The summed E-state index contributed by atoms with van der Waals surface area (Å²) < 4.78 is 0. The van der Waals surface area contributed by atoms with Gasteiger partial charge in [-0.1, -0.05) is 72.8 Å². The molecule has 3 aromatic carbocycles. The molecule has 6 heteroatoms. The maximum Gasteiger partial charge on any atom is 0.267 e. The first-order valence-electron chi connectivity index (χ1n) is 10.3. The highest BCUT2D eigenvalue weighted by molar-refractivity contribution is 6.25. The molecular weight excluding hydrogens is 416 g/mol. The third-order valence-corrected chi connectivity index (χ3v) is 5.20. The van der Waals surface area contributed by atoms with Crippen molar-refractivity contribution >= 4 is 23.5 Å². The Morgan fingerprint density at radius 1 is 0.606 bits per heavy atom. The minimum atomic E-state index is -0.948. The van der Waals surface area contributed by atoms with E-state index in [1.54, 1.807) is 79.0 Å². The highest BCUT2D eigenvalue weighted by atomic mass is 16.2. The van der Waals surface area contributed by atoms with Crippen LogP contribution in [0.2, 0.25) is 0 Å². The van der Waals surface area contributed by atoms with Crippen LogP contribution in [0.4, 0.5) is 0 Å². The zero-order valence-electron chi connectivity index (χ0n) is 17.5. The summed E-state index contributed by atoms with van der Waals surface area (Å²) in [7, 11) is 0. The smallest absolute Gasteiger partial charge is 0.267 e. The normalized spacial score (nSPS) is 14.5. The van der Waals surface area contributed by atoms with Crippen LogP contribution in [0.25, 0.3) is 0 Å². The molecule has 0 aromatic heterocycles. The number of hydrogen-bond donors (Lipinski definition) is 1. The van der Waals surface area contributed by atoms with Gasteiger partial charge in [-0.25, -0.2) is 4.90 Å². The van der Waals surface area contributed by atoms with Crippen LogP contribution in [0.1, 0.15) is 31.1 Å². The Hall–Kier alpha value is -4.58. The third-order valence-electron chi connectivity index (χ3n) is 5.20. The summed E-state index contributed by atoms with van der Waals surface area (Å²) in [6.07, 6.45) is 4.45. The number of benzene rings is 3. The number of amides is 3. The van der Waals surface area contributed by atoms with Crippen molar-refractivity contribution in [2.75, 3.05) is 0 Å². The lowest BCUT2D eigenvalue weighted by atomic mass is 9.88. The predicted octanol–water partition coefficient (Wildman–Crippen LogP) is 4.00. The van der Waals surface area contributed by atoms with Gasteiger partial charge in [-0.3, -0.25) is 19.2 Å². The number of carbonyl (C=O) groups excluding carboxylic acids is 4. The van der Waals surface area contributed by atoms with Gasteiger partial charge in [0.1, 0.15) is 0 Å². The van der Waals surface area contributed by atoms with Crippen LogP contribution in [0, 0.1) is 5.92 Å². The van der Waals surface area contributed by atoms with Crippen LogP contribution in [0.5, 0.6) is 0 Å². The van der Waals surface area contributed by atoms with Crippen LogP contribution in [-0.2, 0) is 4.79 Å². The number of hydrogen-bond acceptors (Lipinski definition) is 5. The quantitative estimate of drug-likeness (QED) is 0.483. The van der Waals surface area contributed by atoms with Crippen molar-refractivity contribution < 1.29 is 19.2 Å². The summed E-state index contributed by atoms with van der Waals surface area (Å²) in [6, 6.07) is 24.7. The summed E-state index contributed by atoms with van der Waals surface area (Å²) in [5.41, 5.74) is 0.782. The number of carbonyl (C=O) groups is 4. The SMILES string of the molecule is O=C(c1ccccc1)C1C=CNC=C1C(=O)N(C(=O)c1ccccc1)C(=O)c1ccccc1. The van der Waals surface area contributed by atoms with E-state index >= 15 is 0 Å². The van der Waals surface area contributed by atoms with Gasteiger partial charge < -0.3 is 5.32 Å². The van der Waals surface area contributed by atoms with Crippen LogP contribution in [0.3, 0.4) is 0 Å². The molecule has 4 rings (SSSR count). The van der Waals surface area contributed by atoms with Gasteiger partial charge in [-0.2, -0.15) is 0 Å². The van der Waals surface area contributed by atoms with Crippen molar-refractivity contribution in [3.63, 3.8) is 0 Å². The van der Waals surface area contributed by atoms with E-state index in [1.807, 2.05) is 0 Å². The molecule has 0 spiro atoms. The first kappa shape index (κ1) is 21.6. The fraction of sp³-hybridized carbons (Fsp3) is 0.0370. The molecule has 1 unspecified atom stereocenters. The Morgan fingerprint density at radius 2 is 1.06 bits per heavy atom. The molecule has 1 heterocycles. The molecule has 6 nitrogen and oxygen atoms in total. The van der Waals surface area contributed by atoms with Crippen molar-refractivity contribution in [2.24, 2.45) is 5.92 Å². The molecule has 162 valence electrons. The minimum absolute atomic E-state index is 0.0000784. The van der Waals surface area contributed by atoms with Gasteiger partial charge in [0.15, 0.2) is 5.78 Å². The van der Waals surface area contributed by atoms with Crippen molar-refractivity contribution in [3.8, 4) is 0 Å². The van der Waals surface area contributed by atoms with Crippen LogP contribution < -0.4 is 5.32 Å². The van der Waals surface area contributed by atoms with Gasteiger partial charge in [0.25, 0.3) is 17.7 Å². The summed E-state index contributed by atoms with van der Waals surface area (Å²) in [5, 5.41) is 2.80. The molecule has 1 aliphatic heterocycles. The average molecular weight is 436 g/mol. The molecule has 33 heavy (non-hydrogen) atoms. The molecule has 0 aliphatic carbocycles. The topological polar surface area (TPSA) is 83.6 Å². The molecular formula is C27H20N2O4. The maximum atomic E-state index is 13.7. The average Bonchev–Trinajstić information content (AvgIpc) is 2.89. The Labute approximate surface area is 190 Å². The molecule has 0 radical (unpaired) electrons. The van der Waals surface area contributed by atoms with E-state index in [-0.39, 0.29) is 22.5 Å². The molecule has 1 N–H and O–H groups in total. The van der Waals surface area contributed by atoms with E-state index in [0.29, 0.717) is 10.5 Å². The standard InChI is InChI=1S/C27H20N2O4/c30-24(19-10-4-1-5-11-19)22-16-17-28-18-23(22)27(33)29(25(31)20-12-6-2-7-13-20)26(32)21-14-8-3-9-15-21/h1-18,22,28H. The largest absolute Gasteiger partial charge is 0.367 e. The molecule has 3 aromatic rings. The van der Waals surface area contributed by atoms with Crippen LogP contribution >= 0.6 is 0 Å². The summed E-state index contributed by atoms with van der Waals surface area (Å²) in [5.74, 6) is -3.65. The lowest BCUT2D eigenvalue weighted by molar-refractivity contribution is -0.123. The van der Waals surface area contributed by atoms with E-state index in [2.05, 4.69) is 5.32 Å². The summed E-state index contributed by atoms with van der Waals surface area (Å²) >= 11 is 0. The van der Waals surface area contributed by atoms with Crippen LogP contribution in [0.15, 0.2) is 115 Å². The second-order valence-electron chi connectivity index (χ2n) is 7.32. The minimum Gasteiger partial charge on any atom is -0.367 e. The second kappa shape index (κ2) is 9.70. The van der Waals surface area contributed by atoms with Crippen molar-refractivity contribution in [3.05, 3.63) is 132 Å². The summed E-state index contributed by atoms with van der Waals surface area (Å²) in [4.78, 5) is 54.1. The zero-order chi connectivity index (χ0) is 23.2. The maximum absolute atomic E-state index is 13.7. The monoisotopic (exact) mass is 436 g/mol. The first-order valence-corrected chi connectivity index (χ1v) is 10.3. The summed E-state index contributed by atoms with van der Waals surface area (Å²) in [6.45, 7) is 0. The van der Waals surface area contributed by atoms with Gasteiger partial charge in [-0.05, 0) is 30.5 Å². The molecule has 3 amide bonds.